The van der Waals surface area contributed by atoms with Crippen molar-refractivity contribution in [3.05, 3.63) is 0 Å². The topological polar surface area (TPSA) is 56.5 Å². The first-order chi connectivity index (χ1) is 5.77. The number of nitriles is 1. The van der Waals surface area contributed by atoms with Gasteiger partial charge in [-0.3, -0.25) is 0 Å². The maximum absolute atomic E-state index is 8.76. The number of hydrogen-bond acceptors (Lipinski definition) is 4. The fourth-order valence-corrected chi connectivity index (χ4v) is 0.914. The Bertz CT molecular complexity index is 132. The van der Waals surface area contributed by atoms with Crippen LogP contribution in [0.2, 0.25) is 0 Å². The van der Waals surface area contributed by atoms with Gasteiger partial charge >= 0.3 is 0 Å². The van der Waals surface area contributed by atoms with Crippen LogP contribution in [-0.4, -0.2) is 30.5 Å². The van der Waals surface area contributed by atoms with E-state index in [4.69, 9.17) is 10.5 Å². The van der Waals surface area contributed by atoms with Gasteiger partial charge in [0.1, 0.15) is 6.61 Å². The van der Waals surface area contributed by atoms with Crippen molar-refractivity contribution >= 4 is 0 Å². The van der Waals surface area contributed by atoms with Crippen molar-refractivity contribution in [2.24, 2.45) is 0 Å². The molecule has 0 fully saturated rings. The first-order valence-electron chi connectivity index (χ1n) is 4.18. The van der Waals surface area contributed by atoms with E-state index in [1.54, 1.807) is 13.3 Å². The molecule has 70 valence electrons. The Kier molecular flexibility index (Phi) is 7.76. The summed E-state index contributed by atoms with van der Waals surface area (Å²) < 4.78 is 4.51. The molecule has 0 radical (unpaired) electrons. The van der Waals surface area contributed by atoms with Crippen LogP contribution in [0, 0.1) is 11.5 Å². The Balaban J connectivity index is 2.87. The molecule has 0 aromatic carbocycles. The van der Waals surface area contributed by atoms with Gasteiger partial charge in [-0.15, -0.1) is 0 Å². The summed E-state index contributed by atoms with van der Waals surface area (Å²) in [6.07, 6.45) is 5.65. The molecule has 0 unspecified atom stereocenters. The van der Waals surface area contributed by atoms with Crippen LogP contribution in [0.1, 0.15) is 25.7 Å². The van der Waals surface area contributed by atoms with Crippen LogP contribution in [0.25, 0.3) is 0 Å². The third-order valence-electron chi connectivity index (χ3n) is 1.54. The molecule has 0 aliphatic rings. The van der Waals surface area contributed by atoms with Crippen LogP contribution >= 0.6 is 0 Å². The molecular formula is C8H16N2O2. The lowest BCUT2D eigenvalue weighted by Crippen LogP contribution is -2.13. The third-order valence-corrected chi connectivity index (χ3v) is 1.54. The zero-order chi connectivity index (χ0) is 9.23. The molecular weight excluding hydrogens is 156 g/mol. The number of rotatable bonds is 7. The van der Waals surface area contributed by atoms with Gasteiger partial charge in [0.25, 0.3) is 6.26 Å². The van der Waals surface area contributed by atoms with E-state index in [2.05, 4.69) is 4.74 Å². The van der Waals surface area contributed by atoms with Crippen LogP contribution in [0.3, 0.4) is 0 Å². The minimum atomic E-state index is 0.519. The molecule has 0 atom stereocenters. The predicted molar refractivity (Wildman–Crippen MR) is 44.4 cm³/mol. The molecule has 0 rings (SSSR count). The summed E-state index contributed by atoms with van der Waals surface area (Å²) in [7, 11) is 1.64. The van der Waals surface area contributed by atoms with Crippen LogP contribution in [-0.2, 0) is 4.74 Å². The largest absolute Gasteiger partial charge is 0.428 e. The van der Waals surface area contributed by atoms with Gasteiger partial charge in [-0.2, -0.15) is 10.3 Å². The molecule has 0 bridgehead atoms. The molecule has 4 nitrogen and oxygen atoms in total. The van der Waals surface area contributed by atoms with Gasteiger partial charge in [-0.25, -0.2) is 0 Å². The summed E-state index contributed by atoms with van der Waals surface area (Å²) in [6, 6.07) is 0. The quantitative estimate of drug-likeness (QED) is 0.358. The fourth-order valence-electron chi connectivity index (χ4n) is 0.914. The van der Waals surface area contributed by atoms with Crippen molar-refractivity contribution in [2.75, 3.05) is 20.2 Å². The van der Waals surface area contributed by atoms with E-state index < -0.39 is 0 Å². The monoisotopic (exact) mass is 172 g/mol. The SMILES string of the molecule is CN(O)CCCCCCOC#N. The second kappa shape index (κ2) is 8.31. The fraction of sp³-hybridized carbons (Fsp3) is 0.875. The van der Waals surface area contributed by atoms with Crippen molar-refractivity contribution < 1.29 is 9.94 Å². The van der Waals surface area contributed by atoms with Gasteiger partial charge in [0, 0.05) is 13.6 Å². The first kappa shape index (κ1) is 11.2. The molecule has 0 heterocycles. The molecule has 1 N–H and O–H groups in total. The molecule has 0 aliphatic carbocycles. The Hall–Kier alpha value is -0.790. The third kappa shape index (κ3) is 9.21. The van der Waals surface area contributed by atoms with Crippen molar-refractivity contribution in [1.82, 2.24) is 5.06 Å². The maximum Gasteiger partial charge on any atom is 0.286 e. The van der Waals surface area contributed by atoms with E-state index >= 15 is 0 Å². The van der Waals surface area contributed by atoms with E-state index in [9.17, 15) is 0 Å². The Morgan fingerprint density at radius 2 is 2.00 bits per heavy atom. The van der Waals surface area contributed by atoms with Crippen molar-refractivity contribution in [2.45, 2.75) is 25.7 Å². The molecule has 0 spiro atoms. The molecule has 0 aliphatic heterocycles. The average molecular weight is 172 g/mol. The average Bonchev–Trinajstić information content (AvgIpc) is 2.02. The van der Waals surface area contributed by atoms with Crippen LogP contribution < -0.4 is 0 Å². The Morgan fingerprint density at radius 3 is 2.58 bits per heavy atom. The summed E-state index contributed by atoms with van der Waals surface area (Å²) in [5, 5.41) is 18.0. The van der Waals surface area contributed by atoms with Gasteiger partial charge < -0.3 is 9.94 Å². The van der Waals surface area contributed by atoms with Gasteiger partial charge in [-0.1, -0.05) is 6.42 Å². The minimum absolute atomic E-state index is 0.519. The first-order valence-corrected chi connectivity index (χ1v) is 4.18. The lowest BCUT2D eigenvalue weighted by Gasteiger charge is -2.06. The standard InChI is InChI=1S/C8H16N2O2/c1-10(11)6-4-2-3-5-7-12-8-9/h11H,2-7H2,1H3. The normalized spacial score (nSPS) is 9.83. The molecule has 0 aromatic rings. The lowest BCUT2D eigenvalue weighted by molar-refractivity contribution is -0.0656. The number of unbranched alkanes of at least 4 members (excludes halogenated alkanes) is 3. The Morgan fingerprint density at radius 1 is 1.33 bits per heavy atom. The Labute approximate surface area is 73.3 Å². The summed E-state index contributed by atoms with van der Waals surface area (Å²) in [5.41, 5.74) is 0. The molecule has 4 heteroatoms. The smallest absolute Gasteiger partial charge is 0.286 e. The van der Waals surface area contributed by atoms with Crippen molar-refractivity contribution in [3.63, 3.8) is 0 Å². The molecule has 0 aromatic heterocycles. The zero-order valence-electron chi connectivity index (χ0n) is 7.49. The number of hydroxylamine groups is 2. The van der Waals surface area contributed by atoms with Crippen LogP contribution in [0.15, 0.2) is 0 Å². The van der Waals surface area contributed by atoms with Crippen LogP contribution in [0.5, 0.6) is 0 Å². The van der Waals surface area contributed by atoms with E-state index in [-0.39, 0.29) is 0 Å². The summed E-state index contributed by atoms with van der Waals surface area (Å²) in [5.74, 6) is 0. The van der Waals surface area contributed by atoms with Crippen molar-refractivity contribution in [1.29, 1.82) is 5.26 Å². The van der Waals surface area contributed by atoms with Crippen LogP contribution in [0.4, 0.5) is 0 Å². The van der Waals surface area contributed by atoms with Crippen molar-refractivity contribution in [3.8, 4) is 6.26 Å². The van der Waals surface area contributed by atoms with E-state index in [1.807, 2.05) is 0 Å². The summed E-state index contributed by atoms with van der Waals surface area (Å²) in [6.45, 7) is 1.23. The molecule has 0 amide bonds. The lowest BCUT2D eigenvalue weighted by atomic mass is 10.2. The number of ether oxygens (including phenoxy) is 1. The second-order valence-corrected chi connectivity index (χ2v) is 2.74. The molecule has 0 saturated carbocycles. The highest BCUT2D eigenvalue weighted by Gasteiger charge is 1.92. The summed E-state index contributed by atoms with van der Waals surface area (Å²) >= 11 is 0. The summed E-state index contributed by atoms with van der Waals surface area (Å²) in [4.78, 5) is 0. The molecule has 0 saturated heterocycles. The highest BCUT2D eigenvalue weighted by Crippen LogP contribution is 2.00. The van der Waals surface area contributed by atoms with Gasteiger partial charge in [0.15, 0.2) is 0 Å². The minimum Gasteiger partial charge on any atom is -0.428 e. The second-order valence-electron chi connectivity index (χ2n) is 2.74. The number of nitrogens with zero attached hydrogens (tertiary/aromatic N) is 2. The number of hydrogen-bond donors (Lipinski definition) is 1. The highest BCUT2D eigenvalue weighted by atomic mass is 16.5. The van der Waals surface area contributed by atoms with E-state index in [0.29, 0.717) is 13.2 Å². The van der Waals surface area contributed by atoms with Gasteiger partial charge in [0.05, 0.1) is 0 Å². The highest BCUT2D eigenvalue weighted by molar-refractivity contribution is 4.49. The van der Waals surface area contributed by atoms with E-state index in [0.717, 1.165) is 25.7 Å². The van der Waals surface area contributed by atoms with Gasteiger partial charge in [0.2, 0.25) is 0 Å². The van der Waals surface area contributed by atoms with Gasteiger partial charge in [-0.05, 0) is 19.3 Å². The maximum atomic E-state index is 8.76. The zero-order valence-corrected chi connectivity index (χ0v) is 7.49. The molecule has 12 heavy (non-hydrogen) atoms. The van der Waals surface area contributed by atoms with E-state index in [1.165, 1.54) is 5.06 Å². The predicted octanol–water partition coefficient (Wildman–Crippen LogP) is 1.37.